The fourth-order valence-electron chi connectivity index (χ4n) is 3.18. The maximum atomic E-state index is 6.47. The van der Waals surface area contributed by atoms with E-state index in [1.165, 1.54) is 0 Å². The summed E-state index contributed by atoms with van der Waals surface area (Å²) in [6.07, 6.45) is 1.61. The molecule has 0 spiro atoms. The number of hydrogen-bond donors (Lipinski definition) is 0. The van der Waals surface area contributed by atoms with Crippen LogP contribution in [0.5, 0.6) is 0 Å². The quantitative estimate of drug-likeness (QED) is 0.195. The summed E-state index contributed by atoms with van der Waals surface area (Å²) in [5, 5.41) is 9.36. The molecule has 0 N–H and O–H groups in total. The Morgan fingerprint density at radius 2 is 1.90 bits per heavy atom. The van der Waals surface area contributed by atoms with Crippen LogP contribution in [0.15, 0.2) is 47.2 Å². The van der Waals surface area contributed by atoms with E-state index in [0.717, 1.165) is 21.6 Å². The molecule has 0 aliphatic carbocycles. The van der Waals surface area contributed by atoms with Crippen LogP contribution < -0.4 is 0 Å². The van der Waals surface area contributed by atoms with Gasteiger partial charge in [-0.15, -0.1) is 10.2 Å². The van der Waals surface area contributed by atoms with Crippen LogP contribution in [-0.4, -0.2) is 39.0 Å². The zero-order valence-corrected chi connectivity index (χ0v) is 21.5. The van der Waals surface area contributed by atoms with Gasteiger partial charge in [-0.2, -0.15) is 0 Å². The van der Waals surface area contributed by atoms with Gasteiger partial charge in [0.05, 0.1) is 26.8 Å². The zero-order valence-electron chi connectivity index (χ0n) is 17.4. The van der Waals surface area contributed by atoms with Crippen molar-refractivity contribution in [3.05, 3.63) is 57.2 Å². The van der Waals surface area contributed by atoms with E-state index in [2.05, 4.69) is 45.8 Å². The molecule has 0 amide bonds. The second-order valence-electron chi connectivity index (χ2n) is 8.44. The van der Waals surface area contributed by atoms with Crippen LogP contribution in [0.2, 0.25) is 35.7 Å². The second-order valence-corrected chi connectivity index (χ2v) is 15.8. The lowest BCUT2D eigenvalue weighted by Gasteiger charge is -2.16. The van der Waals surface area contributed by atoms with E-state index in [1.54, 1.807) is 17.0 Å². The number of imidazole rings is 1. The molecule has 6 nitrogen and oxygen atoms in total. The van der Waals surface area contributed by atoms with Crippen molar-refractivity contribution < 1.29 is 4.74 Å². The molecule has 0 radical (unpaired) electrons. The van der Waals surface area contributed by atoms with Crippen LogP contribution in [0.1, 0.15) is 0 Å². The van der Waals surface area contributed by atoms with Gasteiger partial charge in [-0.05, 0) is 36.4 Å². The highest BCUT2D eigenvalue weighted by Gasteiger charge is 2.21. The molecule has 2 aromatic heterocycles. The SMILES string of the molecule is C[Si](C)(C)CCOCn1c(-c2nncn2-c2cccc(Cl)c2Cl)nc2cc(Br)ccc21. The van der Waals surface area contributed by atoms with Gasteiger partial charge in [0.1, 0.15) is 13.1 Å². The molecule has 0 bridgehead atoms. The second kappa shape index (κ2) is 9.03. The first-order valence-corrected chi connectivity index (χ1v) is 15.1. The molecular formula is C21H22BrCl2N5OSi. The third-order valence-electron chi connectivity index (χ3n) is 4.87. The average Bonchev–Trinajstić information content (AvgIpc) is 3.31. The number of fused-ring (bicyclic) bond motifs is 1. The number of ether oxygens (including phenoxy) is 1. The summed E-state index contributed by atoms with van der Waals surface area (Å²) >= 11 is 16.2. The summed E-state index contributed by atoms with van der Waals surface area (Å²) in [5.74, 6) is 1.21. The lowest BCUT2D eigenvalue weighted by Crippen LogP contribution is -2.22. The Bertz CT molecular complexity index is 1230. The third-order valence-corrected chi connectivity index (χ3v) is 7.87. The van der Waals surface area contributed by atoms with E-state index >= 15 is 0 Å². The van der Waals surface area contributed by atoms with Crippen LogP contribution in [0.25, 0.3) is 28.4 Å². The minimum atomic E-state index is -1.18. The third kappa shape index (κ3) is 4.88. The molecule has 0 saturated heterocycles. The molecule has 0 fully saturated rings. The first kappa shape index (κ1) is 22.5. The number of hydrogen-bond acceptors (Lipinski definition) is 4. The molecule has 0 atom stereocenters. The summed E-state index contributed by atoms with van der Waals surface area (Å²) in [7, 11) is -1.18. The van der Waals surface area contributed by atoms with Crippen LogP contribution in [-0.2, 0) is 11.5 Å². The number of nitrogens with zero attached hydrogens (tertiary/aromatic N) is 5. The standard InChI is InChI=1S/C21H22BrCl2N5OSi/c1-31(2,3)10-9-30-13-29-17-8-7-14(22)11-16(17)26-20(29)21-27-25-12-28(21)18-6-4-5-15(23)19(18)24/h4-8,11-12H,9-10,13H2,1-3H3. The highest BCUT2D eigenvalue weighted by Crippen LogP contribution is 2.32. The lowest BCUT2D eigenvalue weighted by atomic mass is 10.3. The highest BCUT2D eigenvalue weighted by atomic mass is 79.9. The van der Waals surface area contributed by atoms with Crippen molar-refractivity contribution in [1.29, 1.82) is 0 Å². The molecule has 0 aliphatic rings. The first-order chi connectivity index (χ1) is 14.7. The molecule has 4 aromatic rings. The van der Waals surface area contributed by atoms with Crippen molar-refractivity contribution in [3.63, 3.8) is 0 Å². The Hall–Kier alpha value is -1.71. The molecule has 0 aliphatic heterocycles. The van der Waals surface area contributed by atoms with Crippen molar-refractivity contribution in [3.8, 4) is 17.3 Å². The van der Waals surface area contributed by atoms with Crippen molar-refractivity contribution in [2.24, 2.45) is 0 Å². The normalized spacial score (nSPS) is 12.1. The van der Waals surface area contributed by atoms with Gasteiger partial charge in [0.2, 0.25) is 5.82 Å². The summed E-state index contributed by atoms with van der Waals surface area (Å²) in [5.41, 5.74) is 2.48. The minimum absolute atomic E-state index is 0.369. The van der Waals surface area contributed by atoms with Gasteiger partial charge in [-0.3, -0.25) is 9.13 Å². The van der Waals surface area contributed by atoms with Crippen LogP contribution in [0.4, 0.5) is 0 Å². The fraction of sp³-hybridized carbons (Fsp3) is 0.286. The fourth-order valence-corrected chi connectivity index (χ4v) is 4.67. The number of halogens is 3. The number of rotatable bonds is 7. The molecule has 0 saturated carbocycles. The molecular weight excluding hydrogens is 517 g/mol. The van der Waals surface area contributed by atoms with E-state index in [1.807, 2.05) is 34.9 Å². The van der Waals surface area contributed by atoms with Gasteiger partial charge in [-0.25, -0.2) is 4.98 Å². The molecule has 10 heteroatoms. The van der Waals surface area contributed by atoms with Crippen LogP contribution in [0, 0.1) is 0 Å². The smallest absolute Gasteiger partial charge is 0.204 e. The van der Waals surface area contributed by atoms with Gasteiger partial charge >= 0.3 is 0 Å². The van der Waals surface area contributed by atoms with E-state index < -0.39 is 8.07 Å². The maximum Gasteiger partial charge on any atom is 0.204 e. The van der Waals surface area contributed by atoms with Crippen LogP contribution >= 0.6 is 39.1 Å². The topological polar surface area (TPSA) is 57.8 Å². The van der Waals surface area contributed by atoms with Gasteiger partial charge in [0.25, 0.3) is 0 Å². The Morgan fingerprint density at radius 3 is 2.68 bits per heavy atom. The Kier molecular flexibility index (Phi) is 6.55. The molecule has 4 rings (SSSR count). The summed E-state index contributed by atoms with van der Waals surface area (Å²) < 4.78 is 10.8. The van der Waals surface area contributed by atoms with Gasteiger partial charge in [-0.1, -0.05) is 64.8 Å². The monoisotopic (exact) mass is 537 g/mol. The average molecular weight is 539 g/mol. The number of benzene rings is 2. The van der Waals surface area contributed by atoms with Gasteiger partial charge < -0.3 is 4.74 Å². The van der Waals surface area contributed by atoms with Gasteiger partial charge in [0, 0.05) is 19.2 Å². The Balaban J connectivity index is 1.78. The summed E-state index contributed by atoms with van der Waals surface area (Å²) in [4.78, 5) is 4.84. The predicted octanol–water partition coefficient (Wildman–Crippen LogP) is 6.67. The maximum absolute atomic E-state index is 6.47. The van der Waals surface area contributed by atoms with Crippen molar-refractivity contribution in [1.82, 2.24) is 24.3 Å². The summed E-state index contributed by atoms with van der Waals surface area (Å²) in [6.45, 7) is 8.08. The zero-order chi connectivity index (χ0) is 22.2. The van der Waals surface area contributed by atoms with Crippen LogP contribution in [0.3, 0.4) is 0 Å². The highest BCUT2D eigenvalue weighted by molar-refractivity contribution is 9.10. The lowest BCUT2D eigenvalue weighted by molar-refractivity contribution is 0.0908. The van der Waals surface area contributed by atoms with Crippen molar-refractivity contribution in [2.75, 3.05) is 6.61 Å². The summed E-state index contributed by atoms with van der Waals surface area (Å²) in [6, 6.07) is 12.5. The predicted molar refractivity (Wildman–Crippen MR) is 132 cm³/mol. The Morgan fingerprint density at radius 1 is 1.10 bits per heavy atom. The first-order valence-electron chi connectivity index (χ1n) is 9.83. The van der Waals surface area contributed by atoms with Gasteiger partial charge in [0.15, 0.2) is 5.82 Å². The molecule has 2 heterocycles. The molecule has 162 valence electrons. The number of aromatic nitrogens is 5. The van der Waals surface area contributed by atoms with Crippen molar-refractivity contribution in [2.45, 2.75) is 32.4 Å². The van der Waals surface area contributed by atoms with E-state index in [0.29, 0.717) is 40.7 Å². The Labute approximate surface area is 200 Å². The molecule has 2 aromatic carbocycles. The minimum Gasteiger partial charge on any atom is -0.361 e. The van der Waals surface area contributed by atoms with E-state index in [4.69, 9.17) is 32.9 Å². The van der Waals surface area contributed by atoms with E-state index in [9.17, 15) is 0 Å². The molecule has 0 unspecified atom stereocenters. The molecule has 31 heavy (non-hydrogen) atoms. The van der Waals surface area contributed by atoms with E-state index in [-0.39, 0.29) is 0 Å². The largest absolute Gasteiger partial charge is 0.361 e. The van der Waals surface area contributed by atoms with Crippen molar-refractivity contribution >= 4 is 58.2 Å².